The maximum atomic E-state index is 11.4. The smallest absolute Gasteiger partial charge is 0.280 e. The lowest BCUT2D eigenvalue weighted by Crippen LogP contribution is -2.20. The lowest BCUT2D eigenvalue weighted by atomic mass is 9.88. The van der Waals surface area contributed by atoms with Gasteiger partial charge in [0.1, 0.15) is 23.2 Å². The number of nitro benzene ring substituents is 1. The molecule has 0 aliphatic carbocycles. The topological polar surface area (TPSA) is 144 Å². The maximum Gasteiger partial charge on any atom is 0.280 e. The van der Waals surface area contributed by atoms with Gasteiger partial charge in [-0.05, 0) is 31.2 Å². The third kappa shape index (κ3) is 2.67. The largest absolute Gasteiger partial charge is 0.460 e. The zero-order valence-electron chi connectivity index (χ0n) is 14.4. The predicted octanol–water partition coefficient (Wildman–Crippen LogP) is 3.76. The summed E-state index contributed by atoms with van der Waals surface area (Å²) >= 11 is 6.00. The summed E-state index contributed by atoms with van der Waals surface area (Å²) in [7, 11) is 0. The second-order valence-electron chi connectivity index (χ2n) is 6.11. The number of hydrogen-bond donors (Lipinski definition) is 2. The van der Waals surface area contributed by atoms with Gasteiger partial charge in [-0.3, -0.25) is 15.2 Å². The van der Waals surface area contributed by atoms with Crippen molar-refractivity contribution in [1.29, 1.82) is 5.26 Å². The van der Waals surface area contributed by atoms with Crippen molar-refractivity contribution in [1.82, 2.24) is 10.2 Å². The lowest BCUT2D eigenvalue weighted by molar-refractivity contribution is -0.384. The van der Waals surface area contributed by atoms with Crippen LogP contribution in [0.2, 0.25) is 5.02 Å². The highest BCUT2D eigenvalue weighted by molar-refractivity contribution is 6.31. The van der Waals surface area contributed by atoms with E-state index in [0.29, 0.717) is 22.0 Å². The van der Waals surface area contributed by atoms with Gasteiger partial charge in [-0.2, -0.15) is 5.26 Å². The Morgan fingerprint density at radius 1 is 1.39 bits per heavy atom. The number of H-pyrrole nitrogens is 1. The molecule has 140 valence electrons. The molecular weight excluding hydrogens is 386 g/mol. The van der Waals surface area contributed by atoms with Crippen LogP contribution in [0, 0.1) is 28.4 Å². The number of halogens is 1. The van der Waals surface area contributed by atoms with Crippen molar-refractivity contribution in [2.75, 3.05) is 0 Å². The summed E-state index contributed by atoms with van der Waals surface area (Å²) in [4.78, 5) is 10.8. The summed E-state index contributed by atoms with van der Waals surface area (Å²) in [5, 5.41) is 28.1. The monoisotopic (exact) mass is 397 g/mol. The third-order valence-corrected chi connectivity index (χ3v) is 4.70. The van der Waals surface area contributed by atoms with Gasteiger partial charge in [0.2, 0.25) is 11.8 Å². The molecule has 28 heavy (non-hydrogen) atoms. The highest BCUT2D eigenvalue weighted by atomic mass is 35.5. The van der Waals surface area contributed by atoms with E-state index in [2.05, 4.69) is 10.2 Å². The molecule has 1 aliphatic heterocycles. The molecule has 4 rings (SSSR count). The Morgan fingerprint density at radius 2 is 2.18 bits per heavy atom. The molecule has 0 radical (unpaired) electrons. The van der Waals surface area contributed by atoms with E-state index < -0.39 is 10.8 Å². The Balaban J connectivity index is 1.87. The number of aromatic amines is 1. The first-order valence-corrected chi connectivity index (χ1v) is 8.45. The fraction of sp³-hybridized carbons (Fsp3) is 0.111. The number of fused-ring (bicyclic) bond motifs is 1. The van der Waals surface area contributed by atoms with Gasteiger partial charge in [-0.15, -0.1) is 5.10 Å². The van der Waals surface area contributed by atoms with Gasteiger partial charge in [0.05, 0.1) is 22.0 Å². The van der Waals surface area contributed by atoms with Crippen molar-refractivity contribution in [2.24, 2.45) is 5.73 Å². The number of ether oxygens (including phenoxy) is 1. The maximum absolute atomic E-state index is 11.4. The Morgan fingerprint density at radius 3 is 2.89 bits per heavy atom. The number of nitrogens with two attached hydrogens (primary N) is 1. The molecule has 1 aromatic carbocycles. The average Bonchev–Trinajstić information content (AvgIpc) is 3.27. The minimum absolute atomic E-state index is 0.0711. The Labute approximate surface area is 163 Å². The molecule has 10 heteroatoms. The van der Waals surface area contributed by atoms with Crippen molar-refractivity contribution >= 4 is 17.3 Å². The molecule has 0 amide bonds. The molecule has 0 fully saturated rings. The molecule has 0 bridgehead atoms. The first kappa shape index (κ1) is 17.6. The molecule has 0 saturated heterocycles. The van der Waals surface area contributed by atoms with Crippen molar-refractivity contribution in [3.63, 3.8) is 0 Å². The summed E-state index contributed by atoms with van der Waals surface area (Å²) in [6.45, 7) is 1.78. The lowest BCUT2D eigenvalue weighted by Gasteiger charge is -2.21. The highest BCUT2D eigenvalue weighted by Crippen LogP contribution is 2.44. The zero-order chi connectivity index (χ0) is 20.0. The van der Waals surface area contributed by atoms with Crippen LogP contribution in [0.3, 0.4) is 0 Å². The van der Waals surface area contributed by atoms with Crippen LogP contribution in [0.4, 0.5) is 5.69 Å². The highest BCUT2D eigenvalue weighted by Gasteiger charge is 2.36. The minimum Gasteiger partial charge on any atom is -0.460 e. The fourth-order valence-electron chi connectivity index (χ4n) is 3.20. The van der Waals surface area contributed by atoms with E-state index in [1.165, 1.54) is 18.2 Å². The Bertz CT molecular complexity index is 1190. The normalized spacial score (nSPS) is 15.7. The molecule has 1 atom stereocenters. The van der Waals surface area contributed by atoms with Crippen LogP contribution in [-0.2, 0) is 0 Å². The number of rotatable bonds is 3. The summed E-state index contributed by atoms with van der Waals surface area (Å²) in [5.74, 6) is 0.149. The van der Waals surface area contributed by atoms with Crippen LogP contribution in [0.25, 0.3) is 11.3 Å². The van der Waals surface area contributed by atoms with E-state index in [4.69, 9.17) is 26.5 Å². The first-order chi connectivity index (χ1) is 13.4. The second kappa shape index (κ2) is 6.44. The molecule has 0 spiro atoms. The van der Waals surface area contributed by atoms with Crippen LogP contribution in [-0.4, -0.2) is 15.1 Å². The second-order valence-corrected chi connectivity index (χ2v) is 6.55. The summed E-state index contributed by atoms with van der Waals surface area (Å²) in [5.41, 5.74) is 7.43. The van der Waals surface area contributed by atoms with Gasteiger partial charge in [-0.25, -0.2) is 0 Å². The molecule has 9 nitrogen and oxygen atoms in total. The van der Waals surface area contributed by atoms with Crippen molar-refractivity contribution in [3.05, 3.63) is 73.9 Å². The van der Waals surface area contributed by atoms with Gasteiger partial charge in [0.15, 0.2) is 0 Å². The average molecular weight is 398 g/mol. The minimum atomic E-state index is -0.653. The summed E-state index contributed by atoms with van der Waals surface area (Å²) in [6, 6.07) is 9.47. The molecule has 2 aromatic heterocycles. The van der Waals surface area contributed by atoms with Crippen molar-refractivity contribution in [3.8, 4) is 23.3 Å². The number of aryl methyl sites for hydroxylation is 1. The van der Waals surface area contributed by atoms with Crippen molar-refractivity contribution < 1.29 is 14.1 Å². The number of allylic oxidation sites excluding steroid dienone is 1. The zero-order valence-corrected chi connectivity index (χ0v) is 15.1. The number of aromatic nitrogens is 2. The predicted molar refractivity (Wildman–Crippen MR) is 98.4 cm³/mol. The number of benzene rings is 1. The van der Waals surface area contributed by atoms with Crippen molar-refractivity contribution in [2.45, 2.75) is 12.8 Å². The van der Waals surface area contributed by atoms with E-state index in [1.54, 1.807) is 19.1 Å². The quantitative estimate of drug-likeness (QED) is 0.505. The molecule has 3 heterocycles. The Hall–Kier alpha value is -3.77. The molecule has 1 aliphatic rings. The van der Waals surface area contributed by atoms with E-state index in [9.17, 15) is 15.4 Å². The van der Waals surface area contributed by atoms with E-state index in [0.717, 1.165) is 0 Å². The van der Waals surface area contributed by atoms with Crippen LogP contribution < -0.4 is 10.5 Å². The standard InChI is InChI=1S/C18H12ClN5O4/c1-8-15-16(11(7-20)17(21)28-18(15)23-22-8)14-5-4-13(27-14)10-6-9(19)2-3-12(10)24(25)26/h2-6,16H,21H2,1H3,(H,22,23)/t16-/m1/s1. The number of furan rings is 1. The van der Waals surface area contributed by atoms with Crippen LogP contribution in [0.5, 0.6) is 5.88 Å². The van der Waals surface area contributed by atoms with Gasteiger partial charge in [-0.1, -0.05) is 11.6 Å². The summed E-state index contributed by atoms with van der Waals surface area (Å²) in [6.07, 6.45) is 0. The third-order valence-electron chi connectivity index (χ3n) is 4.46. The number of nitriles is 1. The summed E-state index contributed by atoms with van der Waals surface area (Å²) < 4.78 is 11.3. The SMILES string of the molecule is Cc1[nH]nc2c1[C@@H](c1ccc(-c3cc(Cl)ccc3[N+](=O)[O-])o1)C(C#N)=C(N)O2. The Kier molecular flexibility index (Phi) is 4.05. The van der Waals surface area contributed by atoms with Gasteiger partial charge in [0.25, 0.3) is 5.69 Å². The molecular formula is C18H12ClN5O4. The molecule has 0 unspecified atom stereocenters. The number of nitrogens with one attached hydrogen (secondary N) is 1. The van der Waals surface area contributed by atoms with Gasteiger partial charge >= 0.3 is 0 Å². The van der Waals surface area contributed by atoms with Crippen LogP contribution in [0.15, 0.2) is 46.2 Å². The van der Waals surface area contributed by atoms with E-state index >= 15 is 0 Å². The first-order valence-electron chi connectivity index (χ1n) is 8.07. The number of nitro groups is 1. The number of nitrogens with zero attached hydrogens (tertiary/aromatic N) is 3. The fourth-order valence-corrected chi connectivity index (χ4v) is 3.37. The van der Waals surface area contributed by atoms with Crippen LogP contribution >= 0.6 is 11.6 Å². The van der Waals surface area contributed by atoms with E-state index in [-0.39, 0.29) is 34.3 Å². The van der Waals surface area contributed by atoms with Crippen LogP contribution in [0.1, 0.15) is 22.9 Å². The van der Waals surface area contributed by atoms with Gasteiger partial charge in [0, 0.05) is 16.8 Å². The van der Waals surface area contributed by atoms with E-state index in [1.807, 2.05) is 6.07 Å². The number of hydrogen-bond acceptors (Lipinski definition) is 7. The van der Waals surface area contributed by atoms with Gasteiger partial charge < -0.3 is 14.9 Å². The molecule has 0 saturated carbocycles. The molecule has 3 aromatic rings. The molecule has 3 N–H and O–H groups in total.